The molecule has 13 rings (SSSR count). The molecule has 0 radical (unpaired) electrons. The fourth-order valence-electron chi connectivity index (χ4n) is 10.8. The Balaban J connectivity index is 0.867. The van der Waals surface area contributed by atoms with E-state index in [-0.39, 0.29) is 0 Å². The summed E-state index contributed by atoms with van der Waals surface area (Å²) in [5.41, 5.74) is 21.4. The highest BCUT2D eigenvalue weighted by Gasteiger charge is 2.18. The Hall–Kier alpha value is -11.0. The third-order valence-electron chi connectivity index (χ3n) is 14.8. The Bertz CT molecular complexity index is 4030. The van der Waals surface area contributed by atoms with E-state index in [0.717, 1.165) is 117 Å². The zero-order chi connectivity index (χ0) is 57.3. The smallest absolute Gasteiger partial charge is 0.164 e. The van der Waals surface area contributed by atoms with Crippen LogP contribution in [0.25, 0.3) is 135 Å². The van der Waals surface area contributed by atoms with Gasteiger partial charge in [-0.1, -0.05) is 146 Å². The number of benzene rings is 7. The fourth-order valence-corrected chi connectivity index (χ4v) is 10.8. The molecule has 0 atom stereocenters. The lowest BCUT2D eigenvalue weighted by Gasteiger charge is -2.18. The molecule has 0 aliphatic heterocycles. The monoisotopic (exact) mass is 1090 g/mol. The molecule has 12 nitrogen and oxygen atoms in total. The van der Waals surface area contributed by atoms with Crippen molar-refractivity contribution in [3.63, 3.8) is 0 Å². The van der Waals surface area contributed by atoms with Gasteiger partial charge in [0.25, 0.3) is 0 Å². The molecule has 0 bridgehead atoms. The van der Waals surface area contributed by atoms with Crippen LogP contribution >= 0.6 is 0 Å². The molecular formula is C72H54N12. The highest BCUT2D eigenvalue weighted by Crippen LogP contribution is 2.43. The summed E-state index contributed by atoms with van der Waals surface area (Å²) in [6.45, 7) is 11.3. The molecule has 7 aromatic carbocycles. The van der Waals surface area contributed by atoms with Gasteiger partial charge >= 0.3 is 0 Å². The topological polar surface area (TPSA) is 155 Å². The second-order valence-electron chi connectivity index (χ2n) is 20.7. The lowest BCUT2D eigenvalue weighted by molar-refractivity contribution is 0.927. The Labute approximate surface area is 487 Å². The van der Waals surface area contributed by atoms with Crippen molar-refractivity contribution in [3.8, 4) is 135 Å². The lowest BCUT2D eigenvalue weighted by Crippen LogP contribution is -1.99. The first-order valence-corrected chi connectivity index (χ1v) is 27.7. The van der Waals surface area contributed by atoms with E-state index in [1.807, 2.05) is 96.5 Å². The largest absolute Gasteiger partial charge is 0.255 e. The van der Waals surface area contributed by atoms with Gasteiger partial charge in [0.15, 0.2) is 17.5 Å². The van der Waals surface area contributed by atoms with Crippen molar-refractivity contribution in [3.05, 3.63) is 254 Å². The standard InChI is InChI=1S/C72H54N12/c1-43-76-44(2)80-70(79-43)55-31-34-67(73-40-55)52-25-19-49(20-26-52)61-13-7-10-16-64(61)58-37-59(65-17-11-8-14-62(65)50-21-27-53(28-22-50)68-35-32-56(41-74-68)71-81-45(3)77-46(4)82-71)39-60(38-58)66-18-12-9-15-63(66)51-23-29-54(30-24-51)69-36-33-57(42-75-69)72-83-47(5)78-48(6)84-72/h7-42H,1-6H3. The average Bonchev–Trinajstić information content (AvgIpc) is 2.44. The van der Waals surface area contributed by atoms with Gasteiger partial charge in [-0.25, -0.2) is 44.9 Å². The van der Waals surface area contributed by atoms with Crippen LogP contribution in [-0.4, -0.2) is 59.8 Å². The van der Waals surface area contributed by atoms with Crippen LogP contribution in [0.15, 0.2) is 219 Å². The van der Waals surface area contributed by atoms with Gasteiger partial charge in [-0.15, -0.1) is 0 Å². The average molecular weight is 1090 g/mol. The molecule has 12 heteroatoms. The molecular weight excluding hydrogens is 1030 g/mol. The Morgan fingerprint density at radius 2 is 0.393 bits per heavy atom. The number of nitrogens with zero attached hydrogens (tertiary/aromatic N) is 12. The normalized spacial score (nSPS) is 11.2. The van der Waals surface area contributed by atoms with Crippen molar-refractivity contribution in [2.75, 3.05) is 0 Å². The van der Waals surface area contributed by atoms with E-state index < -0.39 is 0 Å². The van der Waals surface area contributed by atoms with Gasteiger partial charge in [-0.2, -0.15) is 0 Å². The van der Waals surface area contributed by atoms with E-state index in [2.05, 4.69) is 209 Å². The summed E-state index contributed by atoms with van der Waals surface area (Å²) in [5, 5.41) is 0. The van der Waals surface area contributed by atoms with Crippen LogP contribution < -0.4 is 0 Å². The Kier molecular flexibility index (Phi) is 14.0. The fraction of sp³-hybridized carbons (Fsp3) is 0.0833. The van der Waals surface area contributed by atoms with Gasteiger partial charge in [0.05, 0.1) is 17.1 Å². The maximum Gasteiger partial charge on any atom is 0.164 e. The molecule has 0 unspecified atom stereocenters. The maximum absolute atomic E-state index is 4.84. The molecule has 0 N–H and O–H groups in total. The van der Waals surface area contributed by atoms with Crippen LogP contribution in [0.2, 0.25) is 0 Å². The number of pyridine rings is 3. The number of rotatable bonds is 12. The summed E-state index contributed by atoms with van der Waals surface area (Å²) in [7, 11) is 0. The molecule has 6 aromatic heterocycles. The van der Waals surface area contributed by atoms with Gasteiger partial charge in [0.2, 0.25) is 0 Å². The van der Waals surface area contributed by atoms with Crippen molar-refractivity contribution >= 4 is 0 Å². The number of aromatic nitrogens is 12. The van der Waals surface area contributed by atoms with Crippen molar-refractivity contribution in [2.45, 2.75) is 41.5 Å². The second-order valence-corrected chi connectivity index (χ2v) is 20.7. The summed E-state index contributed by atoms with van der Waals surface area (Å²) in [4.78, 5) is 54.8. The molecule has 0 aliphatic carbocycles. The zero-order valence-electron chi connectivity index (χ0n) is 47.2. The highest BCUT2D eigenvalue weighted by atomic mass is 15.0. The van der Waals surface area contributed by atoms with Gasteiger partial charge < -0.3 is 0 Å². The summed E-state index contributed by atoms with van der Waals surface area (Å²) in [6, 6.07) is 71.1. The summed E-state index contributed by atoms with van der Waals surface area (Å²) in [6.07, 6.45) is 5.49. The molecule has 0 amide bonds. The first-order valence-electron chi connectivity index (χ1n) is 27.7. The van der Waals surface area contributed by atoms with E-state index >= 15 is 0 Å². The predicted octanol–water partition coefficient (Wildman–Crippen LogP) is 16.3. The SMILES string of the molecule is Cc1nc(C)nc(-c2ccc(-c3ccc(-c4ccccc4-c4cc(-c5ccccc5-c5ccc(-c6ccc(-c7nc(C)nc(C)n7)cn6)cc5)cc(-c5ccccc5-c5ccc(-c6ccc(-c7nc(C)nc(C)n7)cn6)cc5)c4)cc3)nc2)n1. The molecule has 0 fully saturated rings. The van der Waals surface area contributed by atoms with E-state index in [1.165, 1.54) is 0 Å². The minimum atomic E-state index is 0.618. The molecule has 6 heterocycles. The van der Waals surface area contributed by atoms with Crippen molar-refractivity contribution in [1.82, 2.24) is 59.8 Å². The van der Waals surface area contributed by atoms with Crippen LogP contribution in [-0.2, 0) is 0 Å². The third-order valence-corrected chi connectivity index (χ3v) is 14.8. The van der Waals surface area contributed by atoms with Crippen molar-refractivity contribution < 1.29 is 0 Å². The van der Waals surface area contributed by atoms with Gasteiger partial charge in [0.1, 0.15) is 34.9 Å². The number of aryl methyl sites for hydroxylation is 6. The molecule has 0 saturated heterocycles. The lowest BCUT2D eigenvalue weighted by atomic mass is 9.86. The molecule has 84 heavy (non-hydrogen) atoms. The van der Waals surface area contributed by atoms with Crippen LogP contribution in [0.1, 0.15) is 34.9 Å². The Morgan fingerprint density at radius 1 is 0.190 bits per heavy atom. The summed E-state index contributed by atoms with van der Waals surface area (Å²) >= 11 is 0. The second kappa shape index (κ2) is 22.5. The van der Waals surface area contributed by atoms with Gasteiger partial charge in [-0.05, 0) is 163 Å². The van der Waals surface area contributed by atoms with Crippen molar-refractivity contribution in [1.29, 1.82) is 0 Å². The van der Waals surface area contributed by atoms with Crippen LogP contribution in [0.4, 0.5) is 0 Å². The van der Waals surface area contributed by atoms with E-state index in [1.54, 1.807) is 0 Å². The third kappa shape index (κ3) is 11.0. The van der Waals surface area contributed by atoms with E-state index in [4.69, 9.17) is 15.0 Å². The van der Waals surface area contributed by atoms with Crippen LogP contribution in [0.5, 0.6) is 0 Å². The Morgan fingerprint density at radius 3 is 0.607 bits per heavy atom. The van der Waals surface area contributed by atoms with E-state index in [0.29, 0.717) is 52.4 Å². The maximum atomic E-state index is 4.84. The first kappa shape index (κ1) is 52.4. The quantitative estimate of drug-likeness (QED) is 0.114. The highest BCUT2D eigenvalue weighted by molar-refractivity contribution is 5.94. The predicted molar refractivity (Wildman–Crippen MR) is 334 cm³/mol. The first-order chi connectivity index (χ1) is 41.0. The molecule has 402 valence electrons. The van der Waals surface area contributed by atoms with E-state index in [9.17, 15) is 0 Å². The molecule has 0 spiro atoms. The molecule has 13 aromatic rings. The van der Waals surface area contributed by atoms with Gasteiger partial charge in [-0.3, -0.25) is 15.0 Å². The number of hydrogen-bond donors (Lipinski definition) is 0. The van der Waals surface area contributed by atoms with Crippen molar-refractivity contribution in [2.24, 2.45) is 0 Å². The van der Waals surface area contributed by atoms with Crippen LogP contribution in [0, 0.1) is 41.5 Å². The minimum absolute atomic E-state index is 0.618. The summed E-state index contributed by atoms with van der Waals surface area (Å²) in [5.74, 6) is 5.94. The molecule has 0 saturated carbocycles. The number of hydrogen-bond acceptors (Lipinski definition) is 12. The molecule has 0 aliphatic rings. The van der Waals surface area contributed by atoms with Crippen LogP contribution in [0.3, 0.4) is 0 Å². The zero-order valence-corrected chi connectivity index (χ0v) is 47.2. The van der Waals surface area contributed by atoms with Gasteiger partial charge in [0, 0.05) is 52.0 Å². The summed E-state index contributed by atoms with van der Waals surface area (Å²) < 4.78 is 0. The minimum Gasteiger partial charge on any atom is -0.255 e.